The molecule has 0 aromatic carbocycles. The summed E-state index contributed by atoms with van der Waals surface area (Å²) in [4.78, 5) is 29.2. The third-order valence-corrected chi connectivity index (χ3v) is 4.20. The van der Waals surface area contributed by atoms with Crippen molar-refractivity contribution in [3.63, 3.8) is 0 Å². The standard InChI is InChI=1S/C14H21N5O2/c1-4-8-19-10-12(16-11(19)9-6-5-7-15-9)17(2)14(21)18(3)13(10)20/h9,15H,4-8H2,1-3H3. The van der Waals surface area contributed by atoms with E-state index in [2.05, 4.69) is 17.2 Å². The SMILES string of the molecule is CCCn1c(C2CCCN2)nc2c1c(=O)n(C)c(=O)n2C. The van der Waals surface area contributed by atoms with Crippen LogP contribution >= 0.6 is 0 Å². The Balaban J connectivity index is 2.37. The third kappa shape index (κ3) is 2.03. The summed E-state index contributed by atoms with van der Waals surface area (Å²) >= 11 is 0. The lowest BCUT2D eigenvalue weighted by molar-refractivity contribution is 0.548. The predicted octanol–water partition coefficient (Wildman–Crippen LogP) is 0.268. The summed E-state index contributed by atoms with van der Waals surface area (Å²) in [6.45, 7) is 3.78. The Morgan fingerprint density at radius 2 is 2.05 bits per heavy atom. The molecule has 0 bridgehead atoms. The highest BCUT2D eigenvalue weighted by molar-refractivity contribution is 5.71. The zero-order chi connectivity index (χ0) is 15.1. The molecule has 0 amide bonds. The molecule has 1 aliphatic rings. The van der Waals surface area contributed by atoms with Crippen molar-refractivity contribution in [3.8, 4) is 0 Å². The maximum Gasteiger partial charge on any atom is 0.332 e. The first-order chi connectivity index (χ1) is 10.1. The average molecular weight is 291 g/mol. The first-order valence-corrected chi connectivity index (χ1v) is 7.45. The lowest BCUT2D eigenvalue weighted by Crippen LogP contribution is -2.37. The van der Waals surface area contributed by atoms with Crippen molar-refractivity contribution >= 4 is 11.2 Å². The Hall–Kier alpha value is -1.89. The van der Waals surface area contributed by atoms with Crippen molar-refractivity contribution < 1.29 is 0 Å². The van der Waals surface area contributed by atoms with Crippen molar-refractivity contribution in [1.29, 1.82) is 0 Å². The van der Waals surface area contributed by atoms with Crippen molar-refractivity contribution in [2.75, 3.05) is 6.54 Å². The van der Waals surface area contributed by atoms with Crippen LogP contribution in [-0.4, -0.2) is 25.2 Å². The molecule has 1 N–H and O–H groups in total. The molecule has 2 aromatic rings. The van der Waals surface area contributed by atoms with Crippen molar-refractivity contribution in [2.24, 2.45) is 14.1 Å². The first-order valence-electron chi connectivity index (χ1n) is 7.45. The quantitative estimate of drug-likeness (QED) is 0.881. The second-order valence-electron chi connectivity index (χ2n) is 5.65. The summed E-state index contributed by atoms with van der Waals surface area (Å²) in [5.74, 6) is 0.877. The molecule has 1 aliphatic heterocycles. The van der Waals surface area contributed by atoms with Crippen LogP contribution < -0.4 is 16.6 Å². The monoisotopic (exact) mass is 291 g/mol. The number of hydrogen-bond donors (Lipinski definition) is 1. The number of fused-ring (bicyclic) bond motifs is 1. The van der Waals surface area contributed by atoms with Crippen LogP contribution in [0.3, 0.4) is 0 Å². The molecule has 0 saturated carbocycles. The van der Waals surface area contributed by atoms with Crippen molar-refractivity contribution in [3.05, 3.63) is 26.7 Å². The summed E-state index contributed by atoms with van der Waals surface area (Å²) in [7, 11) is 3.18. The van der Waals surface area contributed by atoms with Crippen molar-refractivity contribution in [1.82, 2.24) is 24.0 Å². The molecule has 0 spiro atoms. The Labute approximate surface area is 122 Å². The van der Waals surface area contributed by atoms with Crippen LogP contribution in [0, 0.1) is 0 Å². The number of rotatable bonds is 3. The number of aromatic nitrogens is 4. The third-order valence-electron chi connectivity index (χ3n) is 4.20. The highest BCUT2D eigenvalue weighted by atomic mass is 16.2. The van der Waals surface area contributed by atoms with Crippen LogP contribution in [0.1, 0.15) is 38.1 Å². The van der Waals surface area contributed by atoms with Gasteiger partial charge in [0, 0.05) is 20.6 Å². The minimum atomic E-state index is -0.334. The van der Waals surface area contributed by atoms with E-state index in [0.29, 0.717) is 11.2 Å². The van der Waals surface area contributed by atoms with Gasteiger partial charge >= 0.3 is 5.69 Å². The van der Waals surface area contributed by atoms with Crippen LogP contribution in [0.4, 0.5) is 0 Å². The predicted molar refractivity (Wildman–Crippen MR) is 80.5 cm³/mol. The maximum atomic E-state index is 12.5. The number of aryl methyl sites for hydroxylation is 2. The van der Waals surface area contributed by atoms with E-state index in [9.17, 15) is 9.59 Å². The molecule has 1 atom stereocenters. The van der Waals surface area contributed by atoms with Gasteiger partial charge in [0.25, 0.3) is 5.56 Å². The van der Waals surface area contributed by atoms with Gasteiger partial charge in [-0.25, -0.2) is 9.78 Å². The lowest BCUT2D eigenvalue weighted by Gasteiger charge is -2.12. The Morgan fingerprint density at radius 1 is 1.29 bits per heavy atom. The number of hydrogen-bond acceptors (Lipinski definition) is 4. The van der Waals surface area contributed by atoms with Gasteiger partial charge < -0.3 is 9.88 Å². The molecule has 1 fully saturated rings. The van der Waals surface area contributed by atoms with E-state index in [-0.39, 0.29) is 17.3 Å². The number of imidazole rings is 1. The largest absolute Gasteiger partial charge is 0.332 e. The van der Waals surface area contributed by atoms with Crippen LogP contribution in [0.2, 0.25) is 0 Å². The topological polar surface area (TPSA) is 73.8 Å². The molecule has 1 saturated heterocycles. The van der Waals surface area contributed by atoms with E-state index >= 15 is 0 Å². The second kappa shape index (κ2) is 5.14. The molecule has 7 nitrogen and oxygen atoms in total. The summed E-state index contributed by atoms with van der Waals surface area (Å²) in [6.07, 6.45) is 3.04. The molecule has 114 valence electrons. The Kier molecular flexibility index (Phi) is 3.44. The minimum Gasteiger partial charge on any atom is -0.321 e. The van der Waals surface area contributed by atoms with Crippen LogP contribution in [0.5, 0.6) is 0 Å². The van der Waals surface area contributed by atoms with Gasteiger partial charge in [0.1, 0.15) is 5.82 Å². The van der Waals surface area contributed by atoms with Gasteiger partial charge in [0.05, 0.1) is 6.04 Å². The fourth-order valence-corrected chi connectivity index (χ4v) is 3.08. The molecule has 3 heterocycles. The normalized spacial score (nSPS) is 18.7. The summed E-state index contributed by atoms with van der Waals surface area (Å²) < 4.78 is 4.60. The van der Waals surface area contributed by atoms with Crippen LogP contribution in [0.15, 0.2) is 9.59 Å². The Morgan fingerprint density at radius 3 is 2.67 bits per heavy atom. The van der Waals surface area contributed by atoms with Gasteiger partial charge in [0.15, 0.2) is 11.2 Å². The summed E-state index contributed by atoms with van der Waals surface area (Å²) in [5, 5.41) is 3.42. The van der Waals surface area contributed by atoms with Gasteiger partial charge in [-0.05, 0) is 25.8 Å². The summed E-state index contributed by atoms with van der Waals surface area (Å²) in [5.41, 5.74) is 0.420. The zero-order valence-electron chi connectivity index (χ0n) is 12.7. The zero-order valence-corrected chi connectivity index (χ0v) is 12.7. The van der Waals surface area contributed by atoms with Crippen LogP contribution in [0.25, 0.3) is 11.2 Å². The summed E-state index contributed by atoms with van der Waals surface area (Å²) in [6, 6.07) is 0.170. The minimum absolute atomic E-state index is 0.170. The fourth-order valence-electron chi connectivity index (χ4n) is 3.08. The van der Waals surface area contributed by atoms with E-state index in [1.807, 2.05) is 4.57 Å². The number of nitrogens with one attached hydrogen (secondary N) is 1. The van der Waals surface area contributed by atoms with Gasteiger partial charge in [-0.3, -0.25) is 13.9 Å². The van der Waals surface area contributed by atoms with Gasteiger partial charge in [0.2, 0.25) is 0 Å². The molecule has 7 heteroatoms. The van der Waals surface area contributed by atoms with E-state index in [0.717, 1.165) is 42.7 Å². The molecule has 21 heavy (non-hydrogen) atoms. The molecular weight excluding hydrogens is 270 g/mol. The molecule has 3 rings (SSSR count). The highest BCUT2D eigenvalue weighted by Gasteiger charge is 2.25. The smallest absolute Gasteiger partial charge is 0.321 e. The van der Waals surface area contributed by atoms with E-state index in [4.69, 9.17) is 0 Å². The van der Waals surface area contributed by atoms with Crippen LogP contribution in [-0.2, 0) is 20.6 Å². The van der Waals surface area contributed by atoms with E-state index in [1.165, 1.54) is 11.6 Å². The van der Waals surface area contributed by atoms with E-state index in [1.54, 1.807) is 7.05 Å². The van der Waals surface area contributed by atoms with Gasteiger partial charge in [-0.15, -0.1) is 0 Å². The van der Waals surface area contributed by atoms with Gasteiger partial charge in [-0.1, -0.05) is 6.92 Å². The molecule has 1 unspecified atom stereocenters. The lowest BCUT2D eigenvalue weighted by atomic mass is 10.2. The molecular formula is C14H21N5O2. The van der Waals surface area contributed by atoms with Gasteiger partial charge in [-0.2, -0.15) is 0 Å². The molecule has 0 aliphatic carbocycles. The highest BCUT2D eigenvalue weighted by Crippen LogP contribution is 2.25. The van der Waals surface area contributed by atoms with E-state index < -0.39 is 0 Å². The maximum absolute atomic E-state index is 12.5. The Bertz CT molecular complexity index is 792. The first kappa shape index (κ1) is 14.1. The van der Waals surface area contributed by atoms with Crippen molar-refractivity contribution in [2.45, 2.75) is 38.8 Å². The molecule has 2 aromatic heterocycles. The number of nitrogens with zero attached hydrogens (tertiary/aromatic N) is 4. The molecule has 0 radical (unpaired) electrons. The second-order valence-corrected chi connectivity index (χ2v) is 5.65. The average Bonchev–Trinajstić information content (AvgIpc) is 3.10. The fraction of sp³-hybridized carbons (Fsp3) is 0.643.